The van der Waals surface area contributed by atoms with Crippen molar-refractivity contribution >= 4 is 34.1 Å². The molecule has 1 aliphatic heterocycles. The molecule has 0 radical (unpaired) electrons. The number of nitrogens with two attached hydrogens (primary N) is 1. The van der Waals surface area contributed by atoms with E-state index in [1.54, 1.807) is 0 Å². The van der Waals surface area contributed by atoms with Crippen LogP contribution in [-0.2, 0) is 6.42 Å². The van der Waals surface area contributed by atoms with Crippen LogP contribution in [0, 0.1) is 0 Å². The number of H-pyrrole nitrogens is 1. The number of piperidine rings is 1. The van der Waals surface area contributed by atoms with Crippen molar-refractivity contribution in [1.29, 1.82) is 0 Å². The van der Waals surface area contributed by atoms with Crippen LogP contribution in [-0.4, -0.2) is 22.7 Å². The summed E-state index contributed by atoms with van der Waals surface area (Å²) < 4.78 is 0. The zero-order valence-electron chi connectivity index (χ0n) is 11.2. The Morgan fingerprint density at radius 3 is 3.15 bits per heavy atom. The normalized spacial score (nSPS) is 24.4. The number of hydrogen-bond donors (Lipinski definition) is 4. The lowest BCUT2D eigenvalue weighted by Crippen LogP contribution is -2.43. The highest BCUT2D eigenvalue weighted by molar-refractivity contribution is 7.80. The largest absolute Gasteiger partial charge is 0.376 e. The second-order valence-electron chi connectivity index (χ2n) is 5.75. The van der Waals surface area contributed by atoms with Crippen molar-refractivity contribution in [2.24, 2.45) is 5.73 Å². The lowest BCUT2D eigenvalue weighted by Gasteiger charge is -2.36. The van der Waals surface area contributed by atoms with Crippen LogP contribution < -0.4 is 16.4 Å². The number of aromatic nitrogens is 1. The van der Waals surface area contributed by atoms with Gasteiger partial charge in [-0.15, -0.1) is 0 Å². The van der Waals surface area contributed by atoms with Gasteiger partial charge in [-0.05, 0) is 49.7 Å². The van der Waals surface area contributed by atoms with E-state index in [-0.39, 0.29) is 0 Å². The van der Waals surface area contributed by atoms with E-state index >= 15 is 0 Å². The maximum atomic E-state index is 5.64. The van der Waals surface area contributed by atoms with Gasteiger partial charge in [-0.3, -0.25) is 0 Å². The van der Waals surface area contributed by atoms with Crippen molar-refractivity contribution in [3.8, 4) is 0 Å². The second kappa shape index (κ2) is 4.46. The van der Waals surface area contributed by atoms with E-state index in [1.165, 1.54) is 34.9 Å². The summed E-state index contributed by atoms with van der Waals surface area (Å²) >= 11 is 4.99. The molecule has 0 bridgehead atoms. The highest BCUT2D eigenvalue weighted by Crippen LogP contribution is 2.43. The van der Waals surface area contributed by atoms with Gasteiger partial charge < -0.3 is 21.4 Å². The van der Waals surface area contributed by atoms with Gasteiger partial charge in [0, 0.05) is 28.4 Å². The molecule has 0 spiro atoms. The van der Waals surface area contributed by atoms with Crippen LogP contribution in [0.4, 0.5) is 5.82 Å². The molecule has 1 aromatic heterocycles. The van der Waals surface area contributed by atoms with Gasteiger partial charge in [0.1, 0.15) is 5.82 Å². The Morgan fingerprint density at radius 2 is 2.30 bits per heavy atom. The molecule has 4 rings (SSSR count). The van der Waals surface area contributed by atoms with Crippen LogP contribution in [0.25, 0.3) is 10.9 Å². The molecule has 5 N–H and O–H groups in total. The molecule has 0 amide bonds. The summed E-state index contributed by atoms with van der Waals surface area (Å²) in [6.07, 6.45) is 3.57. The molecular weight excluding hydrogens is 268 g/mol. The molecule has 1 saturated heterocycles. The molecule has 20 heavy (non-hydrogen) atoms. The second-order valence-corrected chi connectivity index (χ2v) is 6.19. The molecule has 1 aliphatic carbocycles. The van der Waals surface area contributed by atoms with E-state index in [2.05, 4.69) is 33.8 Å². The molecule has 4 nitrogen and oxygen atoms in total. The van der Waals surface area contributed by atoms with Crippen molar-refractivity contribution in [3.63, 3.8) is 0 Å². The number of benzene rings is 1. The molecule has 0 saturated carbocycles. The molecule has 2 heterocycles. The quantitative estimate of drug-likeness (QED) is 0.607. The molecular formula is C15H18N4S. The third kappa shape index (κ3) is 1.73. The fourth-order valence-corrected chi connectivity index (χ4v) is 3.95. The summed E-state index contributed by atoms with van der Waals surface area (Å²) in [5.74, 6) is 1.60. The first-order chi connectivity index (χ1) is 9.74. The third-order valence-corrected chi connectivity index (χ3v) is 4.72. The summed E-state index contributed by atoms with van der Waals surface area (Å²) in [5, 5.41) is 8.45. The minimum Gasteiger partial charge on any atom is -0.376 e. The lowest BCUT2D eigenvalue weighted by atomic mass is 9.76. The number of nitrogens with one attached hydrogen (secondary N) is 3. The van der Waals surface area contributed by atoms with Crippen LogP contribution in [0.2, 0.25) is 0 Å². The Labute approximate surface area is 123 Å². The molecule has 1 aromatic carbocycles. The summed E-state index contributed by atoms with van der Waals surface area (Å²) in [6.45, 7) is 1.12. The fraction of sp³-hybridized carbons (Fsp3) is 0.400. The van der Waals surface area contributed by atoms with Crippen molar-refractivity contribution in [2.45, 2.75) is 31.2 Å². The number of aromatic amines is 1. The van der Waals surface area contributed by atoms with Gasteiger partial charge >= 0.3 is 0 Å². The van der Waals surface area contributed by atoms with Gasteiger partial charge in [0.05, 0.1) is 0 Å². The van der Waals surface area contributed by atoms with Crippen LogP contribution >= 0.6 is 12.2 Å². The van der Waals surface area contributed by atoms with E-state index in [1.807, 2.05) is 0 Å². The Hall–Kier alpha value is -1.59. The van der Waals surface area contributed by atoms with Gasteiger partial charge in [-0.1, -0.05) is 12.1 Å². The first-order valence-electron chi connectivity index (χ1n) is 7.17. The number of anilines is 1. The van der Waals surface area contributed by atoms with Gasteiger partial charge in [-0.2, -0.15) is 0 Å². The smallest absolute Gasteiger partial charge is 0.169 e. The Balaban J connectivity index is 1.91. The molecule has 1 unspecified atom stereocenters. The Morgan fingerprint density at radius 1 is 1.40 bits per heavy atom. The Bertz CT molecular complexity index is 690. The van der Waals surface area contributed by atoms with Crippen LogP contribution in [0.15, 0.2) is 18.2 Å². The van der Waals surface area contributed by atoms with Crippen LogP contribution in [0.1, 0.15) is 29.9 Å². The number of rotatable bonds is 1. The highest BCUT2D eigenvalue weighted by atomic mass is 32.1. The van der Waals surface area contributed by atoms with E-state index < -0.39 is 0 Å². The van der Waals surface area contributed by atoms with Crippen molar-refractivity contribution in [3.05, 3.63) is 29.3 Å². The van der Waals surface area contributed by atoms with Crippen molar-refractivity contribution in [1.82, 2.24) is 10.3 Å². The lowest BCUT2D eigenvalue weighted by molar-refractivity contribution is 0.345. The van der Waals surface area contributed by atoms with Gasteiger partial charge in [0.15, 0.2) is 5.11 Å². The molecule has 2 aromatic rings. The van der Waals surface area contributed by atoms with Gasteiger partial charge in [-0.25, -0.2) is 0 Å². The zero-order valence-corrected chi connectivity index (χ0v) is 12.0. The molecule has 2 atom stereocenters. The van der Waals surface area contributed by atoms with E-state index in [9.17, 15) is 0 Å². The number of hydrogen-bond acceptors (Lipinski definition) is 2. The standard InChI is InChI=1S/C15H18N4S/c16-15(20)19-14-10-7-12-8(4-2-6-17-12)9-3-1-5-11(18-14)13(9)10/h1,3,5,8,12,17-18H,2,4,6-7H2,(H3,16,19,20)/t8?,12-/m1/s1. The molecule has 2 aliphatic rings. The predicted molar refractivity (Wildman–Crippen MR) is 86.2 cm³/mol. The summed E-state index contributed by atoms with van der Waals surface area (Å²) in [6, 6.07) is 7.07. The number of fused-ring (bicyclic) bond motifs is 2. The first-order valence-corrected chi connectivity index (χ1v) is 7.58. The summed E-state index contributed by atoms with van der Waals surface area (Å²) in [4.78, 5) is 3.43. The molecule has 5 heteroatoms. The maximum Gasteiger partial charge on any atom is 0.169 e. The van der Waals surface area contributed by atoms with E-state index in [0.717, 1.165) is 18.8 Å². The minimum absolute atomic E-state index is 0.313. The van der Waals surface area contributed by atoms with Crippen LogP contribution in [0.5, 0.6) is 0 Å². The average molecular weight is 286 g/mol. The first kappa shape index (κ1) is 12.2. The number of thiocarbonyl (C=S) groups is 1. The van der Waals surface area contributed by atoms with Gasteiger partial charge in [0.25, 0.3) is 0 Å². The van der Waals surface area contributed by atoms with Crippen LogP contribution in [0.3, 0.4) is 0 Å². The van der Waals surface area contributed by atoms with Crippen molar-refractivity contribution < 1.29 is 0 Å². The summed E-state index contributed by atoms with van der Waals surface area (Å²) in [7, 11) is 0. The maximum absolute atomic E-state index is 5.64. The monoisotopic (exact) mass is 286 g/mol. The summed E-state index contributed by atoms with van der Waals surface area (Å²) in [5.41, 5.74) is 9.61. The molecule has 1 fully saturated rings. The molecule has 104 valence electrons. The predicted octanol–water partition coefficient (Wildman–Crippen LogP) is 2.22. The zero-order chi connectivity index (χ0) is 13.7. The van der Waals surface area contributed by atoms with E-state index in [4.69, 9.17) is 18.0 Å². The Kier molecular flexibility index (Phi) is 2.72. The topological polar surface area (TPSA) is 65.9 Å². The van der Waals surface area contributed by atoms with Gasteiger partial charge in [0.2, 0.25) is 0 Å². The van der Waals surface area contributed by atoms with Crippen molar-refractivity contribution in [2.75, 3.05) is 11.9 Å². The third-order valence-electron chi connectivity index (χ3n) is 4.62. The van der Waals surface area contributed by atoms with E-state index in [0.29, 0.717) is 17.1 Å². The minimum atomic E-state index is 0.313. The fourth-order valence-electron chi connectivity index (χ4n) is 3.85. The average Bonchev–Trinajstić information content (AvgIpc) is 2.78. The SMILES string of the molecule is NC(=S)Nc1[nH]c2cccc3c2c1C[C@H]1NCCCC31. The highest BCUT2D eigenvalue weighted by Gasteiger charge is 2.34.